The van der Waals surface area contributed by atoms with E-state index in [0.29, 0.717) is 5.56 Å². The third-order valence-electron chi connectivity index (χ3n) is 5.75. The number of carbonyl (C=O) groups excluding carboxylic acids is 1. The average molecular weight is 535 g/mol. The number of benzene rings is 3. The fraction of sp³-hybridized carbons (Fsp3) is 0.241. The van der Waals surface area contributed by atoms with Gasteiger partial charge < -0.3 is 10.1 Å². The Hall–Kier alpha value is -4.60. The molecule has 1 aromatic heterocycles. The molecule has 202 valence electrons. The van der Waals surface area contributed by atoms with Gasteiger partial charge in [-0.3, -0.25) is 4.79 Å². The number of nitrogens with one attached hydrogen (secondary N) is 1. The van der Waals surface area contributed by atoms with Gasteiger partial charge in [0.1, 0.15) is 23.4 Å². The summed E-state index contributed by atoms with van der Waals surface area (Å²) in [7, 11) is 0. The van der Waals surface area contributed by atoms with Crippen molar-refractivity contribution >= 4 is 6.09 Å². The van der Waals surface area contributed by atoms with Crippen LogP contribution in [0.4, 0.5) is 13.6 Å². The summed E-state index contributed by atoms with van der Waals surface area (Å²) in [5, 5.41) is 6.83. The van der Waals surface area contributed by atoms with Crippen molar-refractivity contribution in [3.8, 4) is 11.3 Å². The lowest BCUT2D eigenvalue weighted by Gasteiger charge is -2.25. The molecule has 0 fully saturated rings. The first-order valence-corrected chi connectivity index (χ1v) is 12.3. The molecule has 10 heteroatoms. The lowest BCUT2D eigenvalue weighted by atomic mass is 10.1. The maximum absolute atomic E-state index is 14.5. The van der Waals surface area contributed by atoms with Crippen LogP contribution in [0.15, 0.2) is 88.5 Å². The zero-order chi connectivity index (χ0) is 28.2. The Bertz CT molecular complexity index is 1560. The van der Waals surface area contributed by atoms with E-state index in [-0.39, 0.29) is 12.1 Å². The van der Waals surface area contributed by atoms with Gasteiger partial charge in [-0.1, -0.05) is 66.7 Å². The molecule has 1 N–H and O–H groups in total. The number of alkyl carbamates (subject to hydrolysis) is 1. The number of hydrogen-bond donors (Lipinski definition) is 1. The molecule has 1 heterocycles. The van der Waals surface area contributed by atoms with Crippen molar-refractivity contribution in [3.63, 3.8) is 0 Å². The van der Waals surface area contributed by atoms with Crippen molar-refractivity contribution in [2.24, 2.45) is 0 Å². The Morgan fingerprint density at radius 3 is 2.10 bits per heavy atom. The van der Waals surface area contributed by atoms with E-state index in [1.807, 2.05) is 6.07 Å². The number of carbonyl (C=O) groups is 1. The number of nitrogens with zero attached hydrogens (tertiary/aromatic N) is 3. The van der Waals surface area contributed by atoms with Crippen LogP contribution in [0.3, 0.4) is 0 Å². The number of ether oxygens (including phenoxy) is 1. The molecule has 4 rings (SSSR count). The maximum Gasteiger partial charge on any atom is 0.409 e. The monoisotopic (exact) mass is 534 g/mol. The molecule has 0 aliphatic heterocycles. The summed E-state index contributed by atoms with van der Waals surface area (Å²) in [6.45, 7) is 4.46. The van der Waals surface area contributed by atoms with Gasteiger partial charge in [0.2, 0.25) is 0 Å². The molecule has 0 saturated carbocycles. The number of aromatic nitrogens is 3. The molecule has 4 aromatic rings. The van der Waals surface area contributed by atoms with Crippen molar-refractivity contribution in [3.05, 3.63) is 122 Å². The molecule has 0 radical (unpaired) electrons. The van der Waals surface area contributed by atoms with Crippen LogP contribution >= 0.6 is 0 Å². The summed E-state index contributed by atoms with van der Waals surface area (Å²) in [6.07, 6.45) is -2.01. The average Bonchev–Trinajstić information content (AvgIpc) is 2.87. The van der Waals surface area contributed by atoms with Gasteiger partial charge in [-0.15, -0.1) is 0 Å². The van der Waals surface area contributed by atoms with E-state index in [2.05, 4.69) is 10.4 Å². The van der Waals surface area contributed by atoms with Crippen molar-refractivity contribution in [1.29, 1.82) is 0 Å². The third kappa shape index (κ3) is 6.64. The van der Waals surface area contributed by atoms with E-state index in [1.165, 1.54) is 6.07 Å². The predicted octanol–water partition coefficient (Wildman–Crippen LogP) is 4.66. The molecule has 0 saturated heterocycles. The highest BCUT2D eigenvalue weighted by atomic mass is 19.1. The molecular formula is C29H28F2N4O4. The highest BCUT2D eigenvalue weighted by molar-refractivity contribution is 5.68. The van der Waals surface area contributed by atoms with Crippen LogP contribution in [-0.4, -0.2) is 26.0 Å². The van der Waals surface area contributed by atoms with Gasteiger partial charge in [0.15, 0.2) is 5.69 Å². The Morgan fingerprint density at radius 1 is 0.923 bits per heavy atom. The fourth-order valence-corrected chi connectivity index (χ4v) is 4.01. The van der Waals surface area contributed by atoms with Crippen molar-refractivity contribution in [2.45, 2.75) is 45.5 Å². The normalized spacial score (nSPS) is 12.1. The van der Waals surface area contributed by atoms with Crippen molar-refractivity contribution in [2.75, 3.05) is 0 Å². The quantitative estimate of drug-likeness (QED) is 0.372. The van der Waals surface area contributed by atoms with Crippen LogP contribution in [-0.2, 0) is 17.7 Å². The molecule has 39 heavy (non-hydrogen) atoms. The molecule has 0 spiro atoms. The Balaban J connectivity index is 1.91. The zero-order valence-corrected chi connectivity index (χ0v) is 21.7. The van der Waals surface area contributed by atoms with E-state index < -0.39 is 52.9 Å². The number of rotatable bonds is 7. The van der Waals surface area contributed by atoms with E-state index in [0.717, 1.165) is 26.9 Å². The van der Waals surface area contributed by atoms with Gasteiger partial charge in [-0.2, -0.15) is 5.10 Å². The predicted molar refractivity (Wildman–Crippen MR) is 142 cm³/mol. The standard InChI is InChI=1S/C29H28F2N4O4/c1-29(2,3)39-27(37)32-24(17-19-11-6-4-7-12-19)35-26(36)25(20-13-8-5-9-14-20)33-34(28(35)38)18-21-22(30)15-10-16-23(21)31/h4-16,24H,17-18H2,1-3H3,(H,32,37). The summed E-state index contributed by atoms with van der Waals surface area (Å²) in [5.74, 6) is -1.73. The minimum atomic E-state index is -1.20. The van der Waals surface area contributed by atoms with Gasteiger partial charge in [0.05, 0.1) is 6.54 Å². The lowest BCUT2D eigenvalue weighted by Crippen LogP contribution is -2.50. The topological polar surface area (TPSA) is 95.2 Å². The minimum Gasteiger partial charge on any atom is -0.444 e. The third-order valence-corrected chi connectivity index (χ3v) is 5.75. The van der Waals surface area contributed by atoms with Gasteiger partial charge in [0.25, 0.3) is 5.56 Å². The van der Waals surface area contributed by atoms with Gasteiger partial charge in [-0.05, 0) is 38.5 Å². The Labute approximate surface area is 223 Å². The van der Waals surface area contributed by atoms with Crippen LogP contribution < -0.4 is 16.6 Å². The van der Waals surface area contributed by atoms with Crippen LogP contribution in [0.5, 0.6) is 0 Å². The number of amides is 1. The SMILES string of the molecule is CC(C)(C)OC(=O)NC(Cc1ccccc1)n1c(=O)c(-c2ccccc2)nn(Cc2c(F)cccc2F)c1=O. The molecule has 1 unspecified atom stereocenters. The van der Waals surface area contributed by atoms with E-state index in [4.69, 9.17) is 4.74 Å². The van der Waals surface area contributed by atoms with Gasteiger partial charge >= 0.3 is 11.8 Å². The van der Waals surface area contributed by atoms with Crippen LogP contribution in [0.25, 0.3) is 11.3 Å². The summed E-state index contributed by atoms with van der Waals surface area (Å²) in [5.41, 5.74) is -2.01. The molecule has 8 nitrogen and oxygen atoms in total. The molecule has 0 aliphatic carbocycles. The van der Waals surface area contributed by atoms with Crippen LogP contribution in [0.1, 0.15) is 38.1 Å². The second-order valence-electron chi connectivity index (χ2n) is 9.88. The Morgan fingerprint density at radius 2 is 1.51 bits per heavy atom. The fourth-order valence-electron chi connectivity index (χ4n) is 4.01. The first kappa shape index (κ1) is 27.4. The largest absolute Gasteiger partial charge is 0.444 e. The minimum absolute atomic E-state index is 0.0432. The number of halogens is 2. The van der Waals surface area contributed by atoms with Crippen molar-refractivity contribution < 1.29 is 18.3 Å². The molecule has 3 aromatic carbocycles. The van der Waals surface area contributed by atoms with Crippen molar-refractivity contribution in [1.82, 2.24) is 19.7 Å². The summed E-state index contributed by atoms with van der Waals surface area (Å²) < 4.78 is 36.1. The molecular weight excluding hydrogens is 506 g/mol. The molecule has 1 atom stereocenters. The van der Waals surface area contributed by atoms with E-state index in [9.17, 15) is 23.2 Å². The zero-order valence-electron chi connectivity index (χ0n) is 21.7. The summed E-state index contributed by atoms with van der Waals surface area (Å²) in [6, 6.07) is 20.6. The molecule has 0 aliphatic rings. The summed E-state index contributed by atoms with van der Waals surface area (Å²) >= 11 is 0. The van der Waals surface area contributed by atoms with Gasteiger partial charge in [-0.25, -0.2) is 27.6 Å². The molecule has 0 bridgehead atoms. The molecule has 1 amide bonds. The van der Waals surface area contributed by atoms with Gasteiger partial charge in [0, 0.05) is 17.5 Å². The van der Waals surface area contributed by atoms with E-state index >= 15 is 0 Å². The van der Waals surface area contributed by atoms with Crippen LogP contribution in [0.2, 0.25) is 0 Å². The first-order chi connectivity index (χ1) is 18.5. The maximum atomic E-state index is 14.5. The first-order valence-electron chi connectivity index (χ1n) is 12.3. The Kier molecular flexibility index (Phi) is 8.04. The van der Waals surface area contributed by atoms with Crippen LogP contribution in [0, 0.1) is 11.6 Å². The second-order valence-corrected chi connectivity index (χ2v) is 9.88. The smallest absolute Gasteiger partial charge is 0.409 e. The van der Waals surface area contributed by atoms with E-state index in [1.54, 1.807) is 75.4 Å². The lowest BCUT2D eigenvalue weighted by molar-refractivity contribution is 0.0477. The summed E-state index contributed by atoms with van der Waals surface area (Å²) in [4.78, 5) is 40.3. The second kappa shape index (κ2) is 11.4. The highest BCUT2D eigenvalue weighted by Crippen LogP contribution is 2.17. The highest BCUT2D eigenvalue weighted by Gasteiger charge is 2.26. The number of hydrogen-bond acceptors (Lipinski definition) is 5.